The average Bonchev–Trinajstić information content (AvgIpc) is 3.26. The van der Waals surface area contributed by atoms with Gasteiger partial charge in [-0.15, -0.1) is 0 Å². The molecular formula is C25H28N4O4. The normalized spacial score (nSPS) is 16.4. The highest BCUT2D eigenvalue weighted by molar-refractivity contribution is 5.87. The number of urea groups is 1. The second-order valence-corrected chi connectivity index (χ2v) is 8.61. The molecule has 2 amide bonds. The van der Waals surface area contributed by atoms with E-state index in [1.54, 1.807) is 23.1 Å². The SMILES string of the molecule is COc1ccc(C2NC(=O)N(CC(C)C)C(C)=C2c2nc(-c3ccc(C)cc3)no2)cc1O. The molecule has 2 N–H and O–H groups in total. The Balaban J connectivity index is 1.82. The van der Waals surface area contributed by atoms with Crippen molar-refractivity contribution in [3.63, 3.8) is 0 Å². The summed E-state index contributed by atoms with van der Waals surface area (Å²) in [5.41, 5.74) is 4.07. The molecule has 8 nitrogen and oxygen atoms in total. The summed E-state index contributed by atoms with van der Waals surface area (Å²) in [7, 11) is 1.49. The molecule has 0 saturated heterocycles. The summed E-state index contributed by atoms with van der Waals surface area (Å²) >= 11 is 0. The van der Waals surface area contributed by atoms with Gasteiger partial charge in [0, 0.05) is 17.8 Å². The van der Waals surface area contributed by atoms with Crippen molar-refractivity contribution >= 4 is 11.6 Å². The number of amides is 2. The summed E-state index contributed by atoms with van der Waals surface area (Å²) in [4.78, 5) is 19.3. The molecule has 0 fully saturated rings. The smallest absolute Gasteiger partial charge is 0.322 e. The van der Waals surface area contributed by atoms with Gasteiger partial charge in [-0.05, 0) is 37.5 Å². The highest BCUT2D eigenvalue weighted by Gasteiger charge is 2.36. The molecule has 1 atom stereocenters. The van der Waals surface area contributed by atoms with Gasteiger partial charge in [-0.25, -0.2) is 4.79 Å². The number of aromatic hydroxyl groups is 1. The van der Waals surface area contributed by atoms with E-state index in [2.05, 4.69) is 29.3 Å². The number of phenolic OH excluding ortho intramolecular Hbond substituents is 1. The van der Waals surface area contributed by atoms with Gasteiger partial charge in [-0.2, -0.15) is 4.98 Å². The van der Waals surface area contributed by atoms with Gasteiger partial charge in [-0.3, -0.25) is 4.90 Å². The minimum Gasteiger partial charge on any atom is -0.504 e. The lowest BCUT2D eigenvalue weighted by molar-refractivity contribution is 0.199. The van der Waals surface area contributed by atoms with E-state index in [4.69, 9.17) is 9.26 Å². The number of benzene rings is 2. The first-order chi connectivity index (χ1) is 15.8. The summed E-state index contributed by atoms with van der Waals surface area (Å²) in [5.74, 6) is 1.38. The summed E-state index contributed by atoms with van der Waals surface area (Å²) in [6.45, 7) is 8.54. The van der Waals surface area contributed by atoms with E-state index in [9.17, 15) is 9.90 Å². The number of methoxy groups -OCH3 is 1. The number of nitrogens with zero attached hydrogens (tertiary/aromatic N) is 3. The molecule has 1 aliphatic heterocycles. The summed E-state index contributed by atoms with van der Waals surface area (Å²) < 4.78 is 10.9. The van der Waals surface area contributed by atoms with Crippen LogP contribution < -0.4 is 10.1 Å². The van der Waals surface area contributed by atoms with Crippen molar-refractivity contribution in [3.05, 3.63) is 65.2 Å². The number of nitrogens with one attached hydrogen (secondary N) is 1. The third-order valence-corrected chi connectivity index (χ3v) is 5.65. The van der Waals surface area contributed by atoms with E-state index in [-0.39, 0.29) is 17.7 Å². The van der Waals surface area contributed by atoms with E-state index in [0.717, 1.165) is 16.8 Å². The van der Waals surface area contributed by atoms with E-state index < -0.39 is 6.04 Å². The number of carbonyl (C=O) groups excluding carboxylic acids is 1. The number of hydrogen-bond acceptors (Lipinski definition) is 6. The van der Waals surface area contributed by atoms with Crippen LogP contribution in [0.2, 0.25) is 0 Å². The highest BCUT2D eigenvalue weighted by atomic mass is 16.5. The van der Waals surface area contributed by atoms with Crippen LogP contribution in [0.5, 0.6) is 11.5 Å². The molecule has 0 aliphatic carbocycles. The Bertz CT molecular complexity index is 1200. The number of aromatic nitrogens is 2. The molecule has 4 rings (SSSR count). The Morgan fingerprint density at radius 3 is 2.55 bits per heavy atom. The van der Waals surface area contributed by atoms with Gasteiger partial charge < -0.3 is 19.7 Å². The van der Waals surface area contributed by atoms with Crippen LogP contribution in [0.1, 0.15) is 43.8 Å². The molecule has 1 aliphatic rings. The molecular weight excluding hydrogens is 420 g/mol. The van der Waals surface area contributed by atoms with Gasteiger partial charge in [0.2, 0.25) is 5.82 Å². The van der Waals surface area contributed by atoms with Gasteiger partial charge in [0.25, 0.3) is 5.89 Å². The lowest BCUT2D eigenvalue weighted by Gasteiger charge is -2.36. The maximum Gasteiger partial charge on any atom is 0.322 e. The van der Waals surface area contributed by atoms with Crippen molar-refractivity contribution < 1.29 is 19.2 Å². The Labute approximate surface area is 192 Å². The van der Waals surface area contributed by atoms with Crippen molar-refractivity contribution in [1.29, 1.82) is 0 Å². The summed E-state index contributed by atoms with van der Waals surface area (Å²) in [5, 5.41) is 17.6. The molecule has 1 aromatic heterocycles. The number of rotatable bonds is 6. The van der Waals surface area contributed by atoms with Crippen molar-refractivity contribution in [3.8, 4) is 22.9 Å². The zero-order valence-corrected chi connectivity index (χ0v) is 19.4. The molecule has 8 heteroatoms. The van der Waals surface area contributed by atoms with E-state index in [0.29, 0.717) is 35.1 Å². The largest absolute Gasteiger partial charge is 0.504 e. The van der Waals surface area contributed by atoms with Crippen LogP contribution >= 0.6 is 0 Å². The average molecular weight is 449 g/mol. The van der Waals surface area contributed by atoms with Crippen LogP contribution in [-0.2, 0) is 0 Å². The topological polar surface area (TPSA) is 101 Å². The standard InChI is InChI=1S/C25H28N4O4/c1-14(2)13-29-16(4)21(24-27-23(28-33-24)17-8-6-15(3)7-9-17)22(26-25(29)31)18-10-11-20(32-5)19(30)12-18/h6-12,14,22,30H,13H2,1-5H3,(H,26,31). The number of phenols is 1. The Kier molecular flexibility index (Phi) is 6.09. The van der Waals surface area contributed by atoms with Gasteiger partial charge in [0.15, 0.2) is 11.5 Å². The first-order valence-electron chi connectivity index (χ1n) is 10.8. The number of hydrogen-bond donors (Lipinski definition) is 2. The molecule has 172 valence electrons. The fourth-order valence-corrected chi connectivity index (χ4v) is 3.93. The molecule has 2 heterocycles. The Hall–Kier alpha value is -3.81. The summed E-state index contributed by atoms with van der Waals surface area (Å²) in [6.07, 6.45) is 0. The maximum atomic E-state index is 13.0. The number of allylic oxidation sites excluding steroid dienone is 1. The van der Waals surface area contributed by atoms with Gasteiger partial charge in [-0.1, -0.05) is 54.9 Å². The number of ether oxygens (including phenoxy) is 1. The molecule has 0 radical (unpaired) electrons. The van der Waals surface area contributed by atoms with Crippen molar-refractivity contribution in [2.75, 3.05) is 13.7 Å². The number of aryl methyl sites for hydroxylation is 1. The predicted molar refractivity (Wildman–Crippen MR) is 125 cm³/mol. The maximum absolute atomic E-state index is 13.0. The zero-order chi connectivity index (χ0) is 23.7. The molecule has 33 heavy (non-hydrogen) atoms. The quantitative estimate of drug-likeness (QED) is 0.556. The van der Waals surface area contributed by atoms with Gasteiger partial charge in [0.05, 0.1) is 18.7 Å². The van der Waals surface area contributed by atoms with E-state index in [1.165, 1.54) is 7.11 Å². The van der Waals surface area contributed by atoms with Gasteiger partial charge >= 0.3 is 6.03 Å². The van der Waals surface area contributed by atoms with Crippen molar-refractivity contribution in [1.82, 2.24) is 20.4 Å². The van der Waals surface area contributed by atoms with E-state index in [1.807, 2.05) is 38.1 Å². The predicted octanol–water partition coefficient (Wildman–Crippen LogP) is 4.91. The Morgan fingerprint density at radius 2 is 1.91 bits per heavy atom. The van der Waals surface area contributed by atoms with Crippen LogP contribution in [-0.4, -0.2) is 39.8 Å². The number of carbonyl (C=O) groups is 1. The second kappa shape index (κ2) is 8.97. The minimum atomic E-state index is -0.580. The van der Waals surface area contributed by atoms with Crippen LogP contribution in [0.15, 0.2) is 52.7 Å². The lowest BCUT2D eigenvalue weighted by Crippen LogP contribution is -2.47. The fourth-order valence-electron chi connectivity index (χ4n) is 3.93. The first kappa shape index (κ1) is 22.4. The molecule has 0 bridgehead atoms. The molecule has 3 aromatic rings. The molecule has 0 spiro atoms. The molecule has 2 aromatic carbocycles. The van der Waals surface area contributed by atoms with Crippen molar-refractivity contribution in [2.45, 2.75) is 33.7 Å². The van der Waals surface area contributed by atoms with Crippen LogP contribution in [0.3, 0.4) is 0 Å². The van der Waals surface area contributed by atoms with Crippen LogP contribution in [0, 0.1) is 12.8 Å². The third kappa shape index (κ3) is 4.41. The van der Waals surface area contributed by atoms with Crippen LogP contribution in [0.4, 0.5) is 4.79 Å². The van der Waals surface area contributed by atoms with E-state index >= 15 is 0 Å². The first-order valence-corrected chi connectivity index (χ1v) is 10.8. The highest BCUT2D eigenvalue weighted by Crippen LogP contribution is 2.39. The monoisotopic (exact) mass is 448 g/mol. The Morgan fingerprint density at radius 1 is 1.18 bits per heavy atom. The van der Waals surface area contributed by atoms with Crippen molar-refractivity contribution in [2.24, 2.45) is 5.92 Å². The lowest BCUT2D eigenvalue weighted by atomic mass is 9.94. The molecule has 1 unspecified atom stereocenters. The summed E-state index contributed by atoms with van der Waals surface area (Å²) in [6, 6.07) is 12.1. The van der Waals surface area contributed by atoms with Gasteiger partial charge in [0.1, 0.15) is 0 Å². The third-order valence-electron chi connectivity index (χ3n) is 5.65. The minimum absolute atomic E-state index is 0.0169. The fraction of sp³-hybridized carbons (Fsp3) is 0.320. The zero-order valence-electron chi connectivity index (χ0n) is 19.4. The second-order valence-electron chi connectivity index (χ2n) is 8.61. The molecule has 0 saturated carbocycles. The van der Waals surface area contributed by atoms with Crippen LogP contribution in [0.25, 0.3) is 17.0 Å².